The van der Waals surface area contributed by atoms with Gasteiger partial charge in [0.25, 0.3) is 5.91 Å². The van der Waals surface area contributed by atoms with Gasteiger partial charge in [0.05, 0.1) is 72.5 Å². The number of likely N-dealkylation sites (tertiary alicyclic amines) is 1. The number of carbonyl (C=O) groups is 3. The largest absolute Gasteiger partial charge is 0.382 e. The summed E-state index contributed by atoms with van der Waals surface area (Å²) in [6.07, 6.45) is 8.05. The second-order valence-corrected chi connectivity index (χ2v) is 12.9. The van der Waals surface area contributed by atoms with E-state index in [2.05, 4.69) is 41.9 Å². The number of aryl methyl sites for hydroxylation is 2. The van der Waals surface area contributed by atoms with Crippen molar-refractivity contribution in [2.75, 3.05) is 92.9 Å². The number of benzene rings is 2. The van der Waals surface area contributed by atoms with Gasteiger partial charge in [0.15, 0.2) is 0 Å². The van der Waals surface area contributed by atoms with Crippen molar-refractivity contribution in [2.45, 2.75) is 64.2 Å². The van der Waals surface area contributed by atoms with Crippen molar-refractivity contribution >= 4 is 17.8 Å². The monoisotopic (exact) mass is 728 g/mol. The Morgan fingerprint density at radius 2 is 1.17 bits per heavy atom. The van der Waals surface area contributed by atoms with E-state index in [1.807, 2.05) is 23.1 Å². The normalized spacial score (nSPS) is 13.3. The zero-order chi connectivity index (χ0) is 36.9. The highest BCUT2D eigenvalue weighted by atomic mass is 16.7. The topological polar surface area (TPSA) is 131 Å². The van der Waals surface area contributed by atoms with Gasteiger partial charge in [-0.3, -0.25) is 9.59 Å². The average molecular weight is 729 g/mol. The number of methoxy groups -OCH3 is 1. The van der Waals surface area contributed by atoms with Crippen LogP contribution in [0.15, 0.2) is 54.6 Å². The Kier molecular flexibility index (Phi) is 23.3. The highest BCUT2D eigenvalue weighted by molar-refractivity contribution is 5.80. The van der Waals surface area contributed by atoms with Crippen molar-refractivity contribution in [1.82, 2.24) is 10.4 Å². The standard InChI is InChI=1S/C40H60N2O10/c1-46-22-23-47-24-25-48-26-27-49-28-29-50-30-31-51-33-39(44)42-20-18-36(19-21-42)12-7-13-40(45)52-41-38(43)32-37-16-14-35(15-17-37)11-6-5-10-34-8-3-2-4-9-34/h2-4,8-9,14-17,36H,5-7,10-13,18-33H2,1H3,(H,41,43). The first-order valence-electron chi connectivity index (χ1n) is 18.8. The van der Waals surface area contributed by atoms with Crippen LogP contribution in [0.3, 0.4) is 0 Å². The molecule has 2 amide bonds. The van der Waals surface area contributed by atoms with Gasteiger partial charge in [0.2, 0.25) is 5.91 Å². The quantitative estimate of drug-likeness (QED) is 0.0987. The molecule has 0 aromatic heterocycles. The van der Waals surface area contributed by atoms with Crippen molar-refractivity contribution in [3.8, 4) is 0 Å². The predicted octanol–water partition coefficient (Wildman–Crippen LogP) is 4.51. The Hall–Kier alpha value is -3.39. The number of hydroxylamine groups is 1. The maximum Gasteiger partial charge on any atom is 0.332 e. The molecular weight excluding hydrogens is 668 g/mol. The first kappa shape index (κ1) is 43.0. The van der Waals surface area contributed by atoms with Crippen LogP contribution in [0.2, 0.25) is 0 Å². The molecule has 0 atom stereocenters. The number of unbranched alkanes of at least 4 members (excludes halogenated alkanes) is 1. The van der Waals surface area contributed by atoms with E-state index in [-0.39, 0.29) is 31.3 Å². The number of piperidine rings is 1. The Morgan fingerprint density at radius 3 is 1.75 bits per heavy atom. The van der Waals surface area contributed by atoms with Crippen LogP contribution in [0.25, 0.3) is 0 Å². The van der Waals surface area contributed by atoms with Gasteiger partial charge in [-0.1, -0.05) is 54.6 Å². The maximum atomic E-state index is 12.5. The van der Waals surface area contributed by atoms with Gasteiger partial charge in [-0.05, 0) is 74.0 Å². The zero-order valence-electron chi connectivity index (χ0n) is 31.1. The highest BCUT2D eigenvalue weighted by Gasteiger charge is 2.23. The van der Waals surface area contributed by atoms with Crippen molar-refractivity contribution in [3.05, 3.63) is 71.3 Å². The fraction of sp³-hybridized carbons (Fsp3) is 0.625. The summed E-state index contributed by atoms with van der Waals surface area (Å²) >= 11 is 0. The number of rotatable bonds is 28. The number of hydrogen-bond donors (Lipinski definition) is 1. The summed E-state index contributed by atoms with van der Waals surface area (Å²) < 4.78 is 32.1. The smallest absolute Gasteiger partial charge is 0.332 e. The van der Waals surface area contributed by atoms with Crippen molar-refractivity contribution in [2.24, 2.45) is 5.92 Å². The van der Waals surface area contributed by atoms with Crippen LogP contribution in [-0.4, -0.2) is 116 Å². The molecule has 0 unspecified atom stereocenters. The number of hydrogen-bond acceptors (Lipinski definition) is 10. The molecular formula is C40H60N2O10. The molecule has 0 aliphatic carbocycles. The van der Waals surface area contributed by atoms with Crippen LogP contribution in [-0.2, 0) is 66.9 Å². The minimum absolute atomic E-state index is 0.0179. The van der Waals surface area contributed by atoms with Crippen LogP contribution in [0.4, 0.5) is 0 Å². The van der Waals surface area contributed by atoms with E-state index in [0.717, 1.165) is 50.5 Å². The molecule has 3 rings (SSSR count). The number of amides is 2. The summed E-state index contributed by atoms with van der Waals surface area (Å²) in [5.74, 6) is -0.365. The molecule has 1 aliphatic heterocycles. The van der Waals surface area contributed by atoms with E-state index in [4.69, 9.17) is 33.3 Å². The minimum Gasteiger partial charge on any atom is -0.382 e. The number of nitrogens with zero attached hydrogens (tertiary/aromatic N) is 1. The van der Waals surface area contributed by atoms with Gasteiger partial charge in [-0.2, -0.15) is 5.48 Å². The lowest BCUT2D eigenvalue weighted by Gasteiger charge is -2.32. The SMILES string of the molecule is COCCOCCOCCOCCOCCOCC(=O)N1CCC(CCCC(=O)ONC(=O)Cc2ccc(CCCCc3ccccc3)cc2)CC1. The van der Waals surface area contributed by atoms with Gasteiger partial charge in [-0.25, -0.2) is 4.79 Å². The molecule has 0 saturated carbocycles. The van der Waals surface area contributed by atoms with E-state index >= 15 is 0 Å². The third-order valence-electron chi connectivity index (χ3n) is 8.80. The van der Waals surface area contributed by atoms with E-state index in [1.165, 1.54) is 11.1 Å². The summed E-state index contributed by atoms with van der Waals surface area (Å²) in [7, 11) is 1.64. The zero-order valence-corrected chi connectivity index (χ0v) is 31.1. The molecule has 1 N–H and O–H groups in total. The van der Waals surface area contributed by atoms with Crippen molar-refractivity contribution in [3.63, 3.8) is 0 Å². The van der Waals surface area contributed by atoms with Crippen molar-refractivity contribution in [1.29, 1.82) is 0 Å². The Labute approximate surface area is 309 Å². The number of carbonyl (C=O) groups excluding carboxylic acids is 3. The summed E-state index contributed by atoms with van der Waals surface area (Å²) in [4.78, 5) is 43.9. The van der Waals surface area contributed by atoms with Crippen LogP contribution in [0.5, 0.6) is 0 Å². The molecule has 2 aromatic rings. The van der Waals surface area contributed by atoms with Crippen LogP contribution in [0.1, 0.15) is 61.6 Å². The van der Waals surface area contributed by atoms with Crippen LogP contribution >= 0.6 is 0 Å². The van der Waals surface area contributed by atoms with Gasteiger partial charge >= 0.3 is 5.97 Å². The fourth-order valence-electron chi connectivity index (χ4n) is 5.79. The predicted molar refractivity (Wildman–Crippen MR) is 197 cm³/mol. The molecule has 52 heavy (non-hydrogen) atoms. The van der Waals surface area contributed by atoms with E-state index in [9.17, 15) is 14.4 Å². The molecule has 0 spiro atoms. The Bertz CT molecular complexity index is 1220. The van der Waals surface area contributed by atoms with E-state index in [1.54, 1.807) is 7.11 Å². The van der Waals surface area contributed by atoms with Crippen LogP contribution < -0.4 is 5.48 Å². The first-order chi connectivity index (χ1) is 25.5. The molecule has 1 aliphatic rings. The minimum atomic E-state index is -0.443. The van der Waals surface area contributed by atoms with Gasteiger partial charge in [0.1, 0.15) is 6.61 Å². The van der Waals surface area contributed by atoms with Crippen LogP contribution in [0, 0.1) is 5.92 Å². The number of ether oxygens (including phenoxy) is 6. The van der Waals surface area contributed by atoms with Gasteiger partial charge < -0.3 is 38.2 Å². The second kappa shape index (κ2) is 28.2. The number of nitrogens with one attached hydrogen (secondary N) is 1. The second-order valence-electron chi connectivity index (χ2n) is 12.9. The summed E-state index contributed by atoms with van der Waals surface area (Å²) in [6, 6.07) is 18.6. The lowest BCUT2D eigenvalue weighted by atomic mass is 9.91. The third-order valence-corrected chi connectivity index (χ3v) is 8.80. The molecule has 1 saturated heterocycles. The molecule has 12 nitrogen and oxygen atoms in total. The molecule has 2 aromatic carbocycles. The Balaban J connectivity index is 1.10. The van der Waals surface area contributed by atoms with Crippen molar-refractivity contribution < 1.29 is 47.6 Å². The van der Waals surface area contributed by atoms with Gasteiger partial charge in [-0.15, -0.1) is 0 Å². The highest BCUT2D eigenvalue weighted by Crippen LogP contribution is 2.23. The summed E-state index contributed by atoms with van der Waals surface area (Å²) in [5, 5.41) is 0. The lowest BCUT2D eigenvalue weighted by molar-refractivity contribution is -0.158. The molecule has 0 bridgehead atoms. The van der Waals surface area contributed by atoms with Gasteiger partial charge in [0, 0.05) is 26.6 Å². The molecule has 12 heteroatoms. The van der Waals surface area contributed by atoms with E-state index in [0.29, 0.717) is 91.5 Å². The first-order valence-corrected chi connectivity index (χ1v) is 18.8. The molecule has 290 valence electrons. The third kappa shape index (κ3) is 20.6. The molecule has 0 radical (unpaired) electrons. The fourth-order valence-corrected chi connectivity index (χ4v) is 5.79. The maximum absolute atomic E-state index is 12.5. The molecule has 1 heterocycles. The average Bonchev–Trinajstić information content (AvgIpc) is 3.17. The summed E-state index contributed by atoms with van der Waals surface area (Å²) in [5.41, 5.74) is 5.78. The summed E-state index contributed by atoms with van der Waals surface area (Å²) in [6.45, 7) is 6.23. The lowest BCUT2D eigenvalue weighted by Crippen LogP contribution is -2.40. The Morgan fingerprint density at radius 1 is 0.654 bits per heavy atom. The molecule has 1 fully saturated rings. The van der Waals surface area contributed by atoms with E-state index < -0.39 is 5.97 Å².